The molecule has 3 heteroatoms. The quantitative estimate of drug-likeness (QED) is 0.495. The molecule has 0 saturated heterocycles. The van der Waals surface area contributed by atoms with E-state index in [0.29, 0.717) is 0 Å². The molecule has 3 nitrogen and oxygen atoms in total. The van der Waals surface area contributed by atoms with Crippen molar-refractivity contribution in [3.05, 3.63) is 6.20 Å². The van der Waals surface area contributed by atoms with E-state index in [9.17, 15) is 0 Å². The Morgan fingerprint density at radius 1 is 1.86 bits per heavy atom. The number of methoxy groups -OCH3 is 1. The molecule has 0 unspecified atom stereocenters. The molecule has 7 heavy (non-hydrogen) atoms. The Kier molecular flexibility index (Phi) is 0.323. The molecule has 2 heterocycles. The molecular weight excluding hydrogens is 92.1 g/mol. The predicted octanol–water partition coefficient (Wildman–Crippen LogP) is 0.117. The summed E-state index contributed by atoms with van der Waals surface area (Å²) < 4.78 is 9.00. The lowest BCUT2D eigenvalue weighted by atomic mass is 10.8. The van der Waals surface area contributed by atoms with Crippen LogP contribution in [0.4, 0.5) is 0 Å². The van der Waals surface area contributed by atoms with Crippen LogP contribution < -0.4 is 4.74 Å². The average Bonchev–Trinajstić information content (AvgIpc) is 2.18. The number of hydrogen-bond acceptors (Lipinski definition) is 1. The molecular formula is C4H6N2O. The van der Waals surface area contributed by atoms with Crippen molar-refractivity contribution < 1.29 is 4.74 Å². The highest BCUT2D eigenvalue weighted by Gasteiger charge is 2.22. The van der Waals surface area contributed by atoms with Gasteiger partial charge in [-0.1, -0.05) is 0 Å². The summed E-state index contributed by atoms with van der Waals surface area (Å²) in [5.74, 6) is 0.986. The van der Waals surface area contributed by atoms with Gasteiger partial charge in [0.2, 0.25) is 5.88 Å². The maximum atomic E-state index is 4.89. The van der Waals surface area contributed by atoms with E-state index in [-0.39, 0.29) is 0 Å². The van der Waals surface area contributed by atoms with Crippen LogP contribution in [-0.4, -0.2) is 16.5 Å². The predicted molar refractivity (Wildman–Crippen MR) is 24.4 cm³/mol. The fraction of sp³-hybridized carbons (Fsp3) is 0.500. The second-order valence-corrected chi connectivity index (χ2v) is 1.65. The highest BCUT2D eigenvalue weighted by atomic mass is 16.5. The summed E-state index contributed by atoms with van der Waals surface area (Å²) in [5.41, 5.74) is 0. The number of fused-ring (bicyclic) bond motifs is 1. The Morgan fingerprint density at radius 2 is 2.71 bits per heavy atom. The Morgan fingerprint density at radius 3 is 2.86 bits per heavy atom. The molecule has 0 aromatic carbocycles. The van der Waals surface area contributed by atoms with Gasteiger partial charge < -0.3 is 4.74 Å². The fourth-order valence-electron chi connectivity index (χ4n) is 0.712. The number of nitrogens with zero attached hydrogens (tertiary/aromatic N) is 2. The molecule has 0 bridgehead atoms. The van der Waals surface area contributed by atoms with E-state index in [1.165, 1.54) is 0 Å². The standard InChI is InChI=1S/C4H6N2O/c1-7-4-2-5-3-6(4)5/h2H,3H2,1H3. The lowest BCUT2D eigenvalue weighted by Crippen LogP contribution is -1.92. The Balaban J connectivity index is 2.34. The van der Waals surface area contributed by atoms with E-state index in [4.69, 9.17) is 4.74 Å². The Bertz CT molecular complexity index is 186. The van der Waals surface area contributed by atoms with Crippen LogP contribution in [0.25, 0.3) is 0 Å². The topological polar surface area (TPSA) is 19.1 Å². The van der Waals surface area contributed by atoms with Crippen LogP contribution in [-0.2, 0) is 6.67 Å². The number of hydrogen-bond donors (Lipinski definition) is 0. The summed E-state index contributed by atoms with van der Waals surface area (Å²) in [7, 11) is 1.68. The molecule has 1 aliphatic rings. The smallest absolute Gasteiger partial charge is 0.228 e. The van der Waals surface area contributed by atoms with Crippen molar-refractivity contribution in [2.24, 2.45) is 0 Å². The van der Waals surface area contributed by atoms with Crippen LogP contribution in [0.2, 0.25) is 0 Å². The van der Waals surface area contributed by atoms with E-state index in [1.54, 1.807) is 7.11 Å². The molecule has 1 aliphatic heterocycles. The van der Waals surface area contributed by atoms with E-state index in [1.807, 2.05) is 10.9 Å². The highest BCUT2D eigenvalue weighted by Crippen LogP contribution is 2.24. The zero-order valence-electron chi connectivity index (χ0n) is 4.09. The van der Waals surface area contributed by atoms with Gasteiger partial charge in [0, 0.05) is 0 Å². The van der Waals surface area contributed by atoms with Crippen molar-refractivity contribution in [2.45, 2.75) is 6.67 Å². The summed E-state index contributed by atoms with van der Waals surface area (Å²) in [6, 6.07) is 0. The van der Waals surface area contributed by atoms with E-state index in [2.05, 4.69) is 4.68 Å². The summed E-state index contributed by atoms with van der Waals surface area (Å²) in [6.07, 6.45) is 1.97. The van der Waals surface area contributed by atoms with E-state index in [0.717, 1.165) is 12.5 Å². The van der Waals surface area contributed by atoms with Gasteiger partial charge in [0.15, 0.2) is 0 Å². The minimum Gasteiger partial charge on any atom is -0.480 e. The third-order valence-electron chi connectivity index (χ3n) is 1.23. The van der Waals surface area contributed by atoms with Gasteiger partial charge >= 0.3 is 0 Å². The lowest BCUT2D eigenvalue weighted by molar-refractivity contribution is 0.375. The lowest BCUT2D eigenvalue weighted by Gasteiger charge is -1.97. The van der Waals surface area contributed by atoms with Crippen molar-refractivity contribution in [2.75, 3.05) is 7.11 Å². The van der Waals surface area contributed by atoms with Crippen LogP contribution in [0.1, 0.15) is 0 Å². The molecule has 0 spiro atoms. The van der Waals surface area contributed by atoms with Crippen molar-refractivity contribution in [3.8, 4) is 5.88 Å². The maximum Gasteiger partial charge on any atom is 0.228 e. The van der Waals surface area contributed by atoms with Crippen molar-refractivity contribution in [3.63, 3.8) is 0 Å². The maximum absolute atomic E-state index is 4.89. The third-order valence-corrected chi connectivity index (χ3v) is 1.23. The van der Waals surface area contributed by atoms with Crippen LogP contribution in [0.15, 0.2) is 6.20 Å². The first kappa shape index (κ1) is 3.18. The van der Waals surface area contributed by atoms with Crippen LogP contribution in [0, 0.1) is 0 Å². The van der Waals surface area contributed by atoms with Gasteiger partial charge in [0.25, 0.3) is 0 Å². The van der Waals surface area contributed by atoms with Crippen LogP contribution in [0.5, 0.6) is 5.88 Å². The molecule has 2 rings (SSSR count). The minimum atomic E-state index is 0.986. The zero-order chi connectivity index (χ0) is 4.85. The van der Waals surface area contributed by atoms with Crippen molar-refractivity contribution in [1.82, 2.24) is 9.36 Å². The van der Waals surface area contributed by atoms with Gasteiger partial charge in [-0.15, -0.1) is 0 Å². The molecule has 1 aromatic heterocycles. The number of rotatable bonds is 1. The number of aromatic nitrogens is 2. The first-order valence-corrected chi connectivity index (χ1v) is 2.22. The van der Waals surface area contributed by atoms with Gasteiger partial charge in [-0.2, -0.15) is 0 Å². The summed E-state index contributed by atoms with van der Waals surface area (Å²) in [4.78, 5) is 0. The monoisotopic (exact) mass is 98.0 g/mol. The normalized spacial score (nSPS) is 13.9. The molecule has 38 valence electrons. The van der Waals surface area contributed by atoms with Crippen LogP contribution >= 0.6 is 0 Å². The third kappa shape index (κ3) is 0.221. The molecule has 0 N–H and O–H groups in total. The highest BCUT2D eigenvalue weighted by molar-refractivity contribution is 5.13. The number of ether oxygens (including phenoxy) is 1. The molecule has 0 amide bonds. The fourth-order valence-corrected chi connectivity index (χ4v) is 0.712. The Hall–Kier alpha value is -0.860. The molecule has 0 atom stereocenters. The minimum absolute atomic E-state index is 0.986. The second-order valence-electron chi connectivity index (χ2n) is 1.65. The van der Waals surface area contributed by atoms with Gasteiger partial charge in [-0.05, 0) is 0 Å². The second kappa shape index (κ2) is 0.710. The summed E-state index contributed by atoms with van der Waals surface area (Å²) >= 11 is 0. The largest absolute Gasteiger partial charge is 0.480 e. The van der Waals surface area contributed by atoms with Gasteiger partial charge in [0.05, 0.1) is 13.3 Å². The van der Waals surface area contributed by atoms with E-state index < -0.39 is 0 Å². The van der Waals surface area contributed by atoms with Crippen molar-refractivity contribution in [1.29, 1.82) is 0 Å². The zero-order valence-corrected chi connectivity index (χ0v) is 4.09. The molecule has 0 saturated carbocycles. The van der Waals surface area contributed by atoms with Gasteiger partial charge in [-0.3, -0.25) is 4.68 Å². The average molecular weight is 98.1 g/mol. The molecule has 0 fully saturated rings. The summed E-state index contributed by atoms with van der Waals surface area (Å²) in [5, 5.41) is 0. The van der Waals surface area contributed by atoms with Crippen LogP contribution in [0.3, 0.4) is 0 Å². The molecule has 1 aromatic rings. The van der Waals surface area contributed by atoms with Gasteiger partial charge in [0.1, 0.15) is 6.67 Å². The first-order valence-electron chi connectivity index (χ1n) is 2.22. The summed E-state index contributed by atoms with van der Waals surface area (Å²) in [6.45, 7) is 1.03. The first-order chi connectivity index (χ1) is 3.42. The van der Waals surface area contributed by atoms with Crippen molar-refractivity contribution >= 4 is 0 Å². The van der Waals surface area contributed by atoms with Gasteiger partial charge in [-0.25, -0.2) is 4.68 Å². The SMILES string of the molecule is COc1cn2n1C2. The molecule has 0 radical (unpaired) electrons. The molecule has 0 aliphatic carbocycles. The van der Waals surface area contributed by atoms with E-state index >= 15 is 0 Å². The Labute approximate surface area is 41.1 Å².